The van der Waals surface area contributed by atoms with Crippen molar-refractivity contribution in [1.82, 2.24) is 5.32 Å². The summed E-state index contributed by atoms with van der Waals surface area (Å²) in [6, 6.07) is 0. The molecule has 0 aliphatic heterocycles. The lowest BCUT2D eigenvalue weighted by Gasteiger charge is -2.22. The average molecular weight is 297 g/mol. The predicted molar refractivity (Wildman–Crippen MR) is 73.8 cm³/mol. The van der Waals surface area contributed by atoms with Crippen LogP contribution >= 0.6 is 0 Å². The molecule has 0 atom stereocenters. The third-order valence-corrected chi connectivity index (χ3v) is 3.27. The summed E-state index contributed by atoms with van der Waals surface area (Å²) in [7, 11) is 0. The van der Waals surface area contributed by atoms with Gasteiger partial charge in [-0.1, -0.05) is 25.4 Å². The van der Waals surface area contributed by atoms with Crippen LogP contribution in [-0.4, -0.2) is 30.3 Å². The molecule has 0 saturated heterocycles. The lowest BCUT2D eigenvalue weighted by Crippen LogP contribution is -2.32. The second-order valence-corrected chi connectivity index (χ2v) is 5.65. The van der Waals surface area contributed by atoms with Crippen molar-refractivity contribution >= 4 is 5.84 Å². The van der Waals surface area contributed by atoms with Crippen molar-refractivity contribution in [1.29, 1.82) is 0 Å². The number of rotatable bonds is 10. The number of oxime groups is 1. The summed E-state index contributed by atoms with van der Waals surface area (Å²) in [6.45, 7) is 5.21. The Morgan fingerprint density at radius 3 is 2.00 bits per heavy atom. The minimum atomic E-state index is -4.04. The predicted octanol–water partition coefficient (Wildman–Crippen LogP) is 3.25. The van der Waals surface area contributed by atoms with Crippen molar-refractivity contribution in [3.63, 3.8) is 0 Å². The van der Waals surface area contributed by atoms with E-state index in [1.54, 1.807) is 0 Å². The highest BCUT2D eigenvalue weighted by molar-refractivity contribution is 5.85. The number of alkyl halides is 3. The number of nitrogens with zero attached hydrogens (tertiary/aromatic N) is 1. The first-order valence-corrected chi connectivity index (χ1v) is 6.94. The molecule has 0 heterocycles. The molecule has 0 rings (SSSR count). The van der Waals surface area contributed by atoms with E-state index >= 15 is 0 Å². The molecule has 0 aliphatic carbocycles. The van der Waals surface area contributed by atoms with Crippen LogP contribution in [0.2, 0.25) is 0 Å². The van der Waals surface area contributed by atoms with Crippen LogP contribution in [0.1, 0.15) is 52.4 Å². The monoisotopic (exact) mass is 297 g/mol. The van der Waals surface area contributed by atoms with Crippen LogP contribution in [0.4, 0.5) is 13.2 Å². The van der Waals surface area contributed by atoms with Crippen LogP contribution in [0, 0.1) is 5.41 Å². The van der Waals surface area contributed by atoms with E-state index in [1.165, 1.54) is 0 Å². The summed E-state index contributed by atoms with van der Waals surface area (Å²) in [4.78, 5) is 0. The van der Waals surface area contributed by atoms with E-state index < -0.39 is 12.6 Å². The first kappa shape index (κ1) is 19.0. The van der Waals surface area contributed by atoms with Gasteiger partial charge in [-0.15, -0.1) is 0 Å². The van der Waals surface area contributed by atoms with Crippen LogP contribution in [0.25, 0.3) is 0 Å². The molecule has 7 heteroatoms. The van der Waals surface area contributed by atoms with E-state index in [4.69, 9.17) is 10.9 Å². The third-order valence-electron chi connectivity index (χ3n) is 3.27. The first-order valence-electron chi connectivity index (χ1n) is 6.94. The fourth-order valence-corrected chi connectivity index (χ4v) is 1.78. The molecule has 0 aromatic heterocycles. The number of amidine groups is 1. The number of unbranched alkanes of at least 4 members (excludes halogenated alkanes) is 2. The van der Waals surface area contributed by atoms with Gasteiger partial charge in [-0.25, -0.2) is 0 Å². The fourth-order valence-electron chi connectivity index (χ4n) is 1.78. The minimum absolute atomic E-state index is 0.174. The molecule has 0 aromatic rings. The molecule has 0 radical (unpaired) electrons. The second kappa shape index (κ2) is 9.05. The Morgan fingerprint density at radius 2 is 1.55 bits per heavy atom. The summed E-state index contributed by atoms with van der Waals surface area (Å²) in [5.41, 5.74) is 5.24. The van der Waals surface area contributed by atoms with Gasteiger partial charge in [0, 0.05) is 11.8 Å². The van der Waals surface area contributed by atoms with Gasteiger partial charge in [0.25, 0.3) is 0 Å². The summed E-state index contributed by atoms with van der Waals surface area (Å²) in [6.07, 6.45) is -1.40. The van der Waals surface area contributed by atoms with Gasteiger partial charge >= 0.3 is 6.18 Å². The van der Waals surface area contributed by atoms with E-state index in [1.807, 2.05) is 13.8 Å². The van der Waals surface area contributed by atoms with E-state index in [0.29, 0.717) is 13.0 Å². The van der Waals surface area contributed by atoms with E-state index in [9.17, 15) is 13.2 Å². The molecule has 0 aliphatic rings. The molecule has 4 nitrogen and oxygen atoms in total. The second-order valence-electron chi connectivity index (χ2n) is 5.65. The highest BCUT2D eigenvalue weighted by atomic mass is 19.4. The number of nitrogens with two attached hydrogens (primary N) is 1. The Hall–Kier alpha value is -0.980. The van der Waals surface area contributed by atoms with Gasteiger partial charge in [-0.05, 0) is 38.8 Å². The lowest BCUT2D eigenvalue weighted by molar-refractivity contribution is -0.135. The van der Waals surface area contributed by atoms with Crippen LogP contribution < -0.4 is 11.1 Å². The number of halogens is 3. The zero-order chi connectivity index (χ0) is 15.6. The summed E-state index contributed by atoms with van der Waals surface area (Å²) in [5.74, 6) is 0.220. The van der Waals surface area contributed by atoms with E-state index in [-0.39, 0.29) is 17.7 Å². The van der Waals surface area contributed by atoms with Crippen molar-refractivity contribution in [2.24, 2.45) is 16.3 Å². The molecule has 4 N–H and O–H groups in total. The number of hydrogen-bond acceptors (Lipinski definition) is 3. The molecule has 120 valence electrons. The molecule has 0 bridgehead atoms. The van der Waals surface area contributed by atoms with Crippen molar-refractivity contribution in [2.45, 2.75) is 58.5 Å². The maximum Gasteiger partial charge on any atom is 0.389 e. The Morgan fingerprint density at radius 1 is 1.05 bits per heavy atom. The van der Waals surface area contributed by atoms with Gasteiger partial charge in [0.2, 0.25) is 0 Å². The minimum Gasteiger partial charge on any atom is -0.409 e. The first-order chi connectivity index (χ1) is 9.19. The van der Waals surface area contributed by atoms with Crippen LogP contribution in [-0.2, 0) is 0 Å². The van der Waals surface area contributed by atoms with Crippen molar-refractivity contribution in [2.75, 3.05) is 13.1 Å². The summed E-state index contributed by atoms with van der Waals surface area (Å²) in [5, 5.41) is 14.8. The van der Waals surface area contributed by atoms with Crippen LogP contribution in [0.15, 0.2) is 5.16 Å². The largest absolute Gasteiger partial charge is 0.409 e. The Bertz CT molecular complexity index is 291. The van der Waals surface area contributed by atoms with E-state index in [2.05, 4.69) is 10.5 Å². The van der Waals surface area contributed by atoms with Crippen LogP contribution in [0.3, 0.4) is 0 Å². The molecule has 0 unspecified atom stereocenters. The molecule has 20 heavy (non-hydrogen) atoms. The van der Waals surface area contributed by atoms with Crippen molar-refractivity contribution in [3.8, 4) is 0 Å². The van der Waals surface area contributed by atoms with Gasteiger partial charge < -0.3 is 16.3 Å². The zero-order valence-electron chi connectivity index (χ0n) is 12.3. The molecule has 0 aromatic carbocycles. The number of hydrogen-bond donors (Lipinski definition) is 3. The number of nitrogens with one attached hydrogen (secondary N) is 1. The van der Waals surface area contributed by atoms with Crippen molar-refractivity contribution in [3.05, 3.63) is 0 Å². The maximum atomic E-state index is 11.9. The van der Waals surface area contributed by atoms with E-state index in [0.717, 1.165) is 25.8 Å². The maximum absolute atomic E-state index is 11.9. The standard InChI is InChI=1S/C13H26F3N3O/c1-12(2,11(17)19-20)7-3-5-9-18-10-6-4-8-13(14,15)16/h18,20H,3-10H2,1-2H3,(H2,17,19). The smallest absolute Gasteiger partial charge is 0.389 e. The summed E-state index contributed by atoms with van der Waals surface area (Å²) < 4.78 is 35.6. The Kier molecular flexibility index (Phi) is 8.60. The highest BCUT2D eigenvalue weighted by Gasteiger charge is 2.25. The Labute approximate surface area is 118 Å². The molecule has 0 spiro atoms. The van der Waals surface area contributed by atoms with Gasteiger partial charge in [0.05, 0.1) is 0 Å². The highest BCUT2D eigenvalue weighted by Crippen LogP contribution is 2.23. The molecular weight excluding hydrogens is 271 g/mol. The molecule has 0 amide bonds. The SMILES string of the molecule is CC(C)(CCCCNCCCCC(F)(F)F)C(N)=NO. The van der Waals surface area contributed by atoms with Crippen LogP contribution in [0.5, 0.6) is 0 Å². The third kappa shape index (κ3) is 9.89. The van der Waals surface area contributed by atoms with Gasteiger partial charge in [0.1, 0.15) is 5.84 Å². The topological polar surface area (TPSA) is 70.6 Å². The fraction of sp³-hybridized carbons (Fsp3) is 0.923. The molecule has 0 fully saturated rings. The normalized spacial score (nSPS) is 13.8. The average Bonchev–Trinajstić information content (AvgIpc) is 2.34. The van der Waals surface area contributed by atoms with Crippen molar-refractivity contribution < 1.29 is 18.4 Å². The van der Waals surface area contributed by atoms with Gasteiger partial charge in [-0.3, -0.25) is 0 Å². The zero-order valence-corrected chi connectivity index (χ0v) is 12.3. The lowest BCUT2D eigenvalue weighted by atomic mass is 9.86. The van der Waals surface area contributed by atoms with Gasteiger partial charge in [-0.2, -0.15) is 13.2 Å². The quantitative estimate of drug-likeness (QED) is 0.190. The molecule has 0 saturated carbocycles. The van der Waals surface area contributed by atoms with Gasteiger partial charge in [0.15, 0.2) is 0 Å². The molecular formula is C13H26F3N3O. The Balaban J connectivity index is 3.46. The summed E-state index contributed by atoms with van der Waals surface area (Å²) >= 11 is 0.